The Morgan fingerprint density at radius 2 is 2.00 bits per heavy atom. The predicted molar refractivity (Wildman–Crippen MR) is 73.5 cm³/mol. The Morgan fingerprint density at radius 3 is 2.83 bits per heavy atom. The topological polar surface area (TPSA) is 41.6 Å². The third kappa shape index (κ3) is 1.69. The first-order chi connectivity index (χ1) is 8.79. The molecule has 1 heterocycles. The molecule has 0 aliphatic rings. The van der Waals surface area contributed by atoms with E-state index in [-0.39, 0.29) is 0 Å². The molecule has 18 heavy (non-hydrogen) atoms. The number of hydrogen-bond acceptors (Lipinski definition) is 2. The number of benzene rings is 2. The van der Waals surface area contributed by atoms with Gasteiger partial charge in [0.15, 0.2) is 0 Å². The molecule has 86 valence electrons. The zero-order valence-corrected chi connectivity index (χ0v) is 10.9. The van der Waals surface area contributed by atoms with Gasteiger partial charge in [0, 0.05) is 9.86 Å². The van der Waals surface area contributed by atoms with Gasteiger partial charge in [0.25, 0.3) is 0 Å². The van der Waals surface area contributed by atoms with E-state index >= 15 is 0 Å². The van der Waals surface area contributed by atoms with Gasteiger partial charge in [-0.2, -0.15) is 10.4 Å². The highest BCUT2D eigenvalue weighted by molar-refractivity contribution is 9.10. The molecular weight excluding hydrogens is 290 g/mol. The van der Waals surface area contributed by atoms with E-state index in [0.29, 0.717) is 5.56 Å². The van der Waals surface area contributed by atoms with Crippen molar-refractivity contribution in [2.75, 3.05) is 0 Å². The average Bonchev–Trinajstić information content (AvgIpc) is 2.82. The molecule has 0 radical (unpaired) electrons. The maximum Gasteiger partial charge on any atom is 0.101 e. The second-order valence-corrected chi connectivity index (χ2v) is 4.80. The summed E-state index contributed by atoms with van der Waals surface area (Å²) < 4.78 is 2.68. The molecule has 2 aromatic carbocycles. The van der Waals surface area contributed by atoms with Crippen LogP contribution in [0.25, 0.3) is 16.6 Å². The van der Waals surface area contributed by atoms with Gasteiger partial charge in [-0.15, -0.1) is 0 Å². The molecule has 0 bridgehead atoms. The van der Waals surface area contributed by atoms with Crippen molar-refractivity contribution >= 4 is 26.8 Å². The van der Waals surface area contributed by atoms with Crippen LogP contribution in [0.15, 0.2) is 53.1 Å². The standard InChI is InChI=1S/C14H8BrN3/c15-12-5-6-14(11(7-12)8-16)18-13-4-2-1-3-10(13)9-17-18/h1-7,9H. The lowest BCUT2D eigenvalue weighted by Gasteiger charge is -2.06. The SMILES string of the molecule is N#Cc1cc(Br)ccc1-n1ncc2ccccc21. The molecule has 0 amide bonds. The Kier molecular flexibility index (Phi) is 2.62. The van der Waals surface area contributed by atoms with Crippen molar-refractivity contribution in [1.29, 1.82) is 5.26 Å². The van der Waals surface area contributed by atoms with Crippen LogP contribution in [0.4, 0.5) is 0 Å². The number of rotatable bonds is 1. The largest absolute Gasteiger partial charge is 0.232 e. The van der Waals surface area contributed by atoms with Gasteiger partial charge >= 0.3 is 0 Å². The van der Waals surface area contributed by atoms with Gasteiger partial charge < -0.3 is 0 Å². The minimum atomic E-state index is 0.596. The molecule has 0 aliphatic carbocycles. The minimum absolute atomic E-state index is 0.596. The minimum Gasteiger partial charge on any atom is -0.232 e. The molecule has 3 aromatic rings. The Bertz CT molecular complexity index is 768. The summed E-state index contributed by atoms with van der Waals surface area (Å²) in [6.07, 6.45) is 1.80. The number of nitrogens with zero attached hydrogens (tertiary/aromatic N) is 3. The number of para-hydroxylation sites is 1. The molecule has 3 rings (SSSR count). The predicted octanol–water partition coefficient (Wildman–Crippen LogP) is 3.66. The second kappa shape index (κ2) is 4.28. The van der Waals surface area contributed by atoms with E-state index in [9.17, 15) is 5.26 Å². The van der Waals surface area contributed by atoms with Crippen LogP contribution in [-0.2, 0) is 0 Å². The smallest absolute Gasteiger partial charge is 0.101 e. The summed E-state index contributed by atoms with van der Waals surface area (Å²) >= 11 is 3.37. The summed E-state index contributed by atoms with van der Waals surface area (Å²) in [7, 11) is 0. The number of halogens is 1. The lowest BCUT2D eigenvalue weighted by Crippen LogP contribution is -1.99. The Hall–Kier alpha value is -2.12. The maximum absolute atomic E-state index is 9.20. The summed E-state index contributed by atoms with van der Waals surface area (Å²) in [4.78, 5) is 0. The molecule has 4 heteroatoms. The van der Waals surface area contributed by atoms with Gasteiger partial charge in [-0.25, -0.2) is 4.68 Å². The lowest BCUT2D eigenvalue weighted by molar-refractivity contribution is 0.907. The molecule has 0 fully saturated rings. The van der Waals surface area contributed by atoms with Crippen LogP contribution in [0.5, 0.6) is 0 Å². The van der Waals surface area contributed by atoms with Crippen LogP contribution >= 0.6 is 15.9 Å². The van der Waals surface area contributed by atoms with Gasteiger partial charge in [0.05, 0.1) is 23.0 Å². The van der Waals surface area contributed by atoms with E-state index in [0.717, 1.165) is 21.1 Å². The van der Waals surface area contributed by atoms with E-state index in [1.54, 1.807) is 16.9 Å². The highest BCUT2D eigenvalue weighted by atomic mass is 79.9. The van der Waals surface area contributed by atoms with Gasteiger partial charge in [-0.05, 0) is 24.3 Å². The highest BCUT2D eigenvalue weighted by Gasteiger charge is 2.09. The van der Waals surface area contributed by atoms with Crippen molar-refractivity contribution in [3.8, 4) is 11.8 Å². The summed E-state index contributed by atoms with van der Waals surface area (Å²) in [5.41, 5.74) is 2.39. The normalized spacial score (nSPS) is 10.4. The summed E-state index contributed by atoms with van der Waals surface area (Å²) in [5.74, 6) is 0. The average molecular weight is 298 g/mol. The molecule has 0 N–H and O–H groups in total. The van der Waals surface area contributed by atoms with Gasteiger partial charge in [-0.1, -0.05) is 34.1 Å². The first-order valence-corrected chi connectivity index (χ1v) is 6.22. The van der Waals surface area contributed by atoms with Crippen LogP contribution in [0.2, 0.25) is 0 Å². The Morgan fingerprint density at radius 1 is 1.17 bits per heavy atom. The van der Waals surface area contributed by atoms with E-state index in [2.05, 4.69) is 27.1 Å². The van der Waals surface area contributed by atoms with Crippen molar-refractivity contribution in [3.05, 3.63) is 58.7 Å². The molecule has 1 aromatic heterocycles. The molecule has 0 atom stereocenters. The monoisotopic (exact) mass is 297 g/mol. The van der Waals surface area contributed by atoms with Crippen molar-refractivity contribution < 1.29 is 0 Å². The fourth-order valence-electron chi connectivity index (χ4n) is 1.95. The van der Waals surface area contributed by atoms with E-state index < -0.39 is 0 Å². The van der Waals surface area contributed by atoms with Gasteiger partial charge in [0.1, 0.15) is 6.07 Å². The van der Waals surface area contributed by atoms with Crippen LogP contribution in [0.3, 0.4) is 0 Å². The van der Waals surface area contributed by atoms with Crippen molar-refractivity contribution in [2.45, 2.75) is 0 Å². The van der Waals surface area contributed by atoms with Gasteiger partial charge in [0.2, 0.25) is 0 Å². The van der Waals surface area contributed by atoms with Crippen LogP contribution in [-0.4, -0.2) is 9.78 Å². The quantitative estimate of drug-likeness (QED) is 0.688. The molecule has 0 aliphatic heterocycles. The first kappa shape index (κ1) is 11.0. The van der Waals surface area contributed by atoms with Crippen LogP contribution < -0.4 is 0 Å². The number of aromatic nitrogens is 2. The van der Waals surface area contributed by atoms with E-state index in [1.807, 2.05) is 36.4 Å². The fourth-order valence-corrected chi connectivity index (χ4v) is 2.31. The van der Waals surface area contributed by atoms with Crippen LogP contribution in [0.1, 0.15) is 5.56 Å². The Balaban J connectivity index is 2.30. The zero-order chi connectivity index (χ0) is 12.5. The summed E-state index contributed by atoms with van der Waals surface area (Å²) in [6, 6.07) is 15.7. The fraction of sp³-hybridized carbons (Fsp3) is 0. The lowest BCUT2D eigenvalue weighted by atomic mass is 10.2. The first-order valence-electron chi connectivity index (χ1n) is 5.42. The highest BCUT2D eigenvalue weighted by Crippen LogP contribution is 2.23. The number of fused-ring (bicyclic) bond motifs is 1. The third-order valence-electron chi connectivity index (χ3n) is 2.78. The van der Waals surface area contributed by atoms with Crippen LogP contribution in [0, 0.1) is 11.3 Å². The summed E-state index contributed by atoms with van der Waals surface area (Å²) in [6.45, 7) is 0. The van der Waals surface area contributed by atoms with E-state index in [1.165, 1.54) is 0 Å². The zero-order valence-electron chi connectivity index (χ0n) is 9.34. The summed E-state index contributed by atoms with van der Waals surface area (Å²) in [5, 5.41) is 14.6. The molecule has 0 spiro atoms. The molecule has 0 unspecified atom stereocenters. The maximum atomic E-state index is 9.20. The molecule has 0 saturated carbocycles. The Labute approximate surface area is 112 Å². The third-order valence-corrected chi connectivity index (χ3v) is 3.28. The molecular formula is C14H8BrN3. The van der Waals surface area contributed by atoms with Crippen molar-refractivity contribution in [2.24, 2.45) is 0 Å². The van der Waals surface area contributed by atoms with E-state index in [4.69, 9.17) is 0 Å². The van der Waals surface area contributed by atoms with Crippen molar-refractivity contribution in [3.63, 3.8) is 0 Å². The number of nitriles is 1. The molecule has 0 saturated heterocycles. The second-order valence-electron chi connectivity index (χ2n) is 3.89. The van der Waals surface area contributed by atoms with Gasteiger partial charge in [-0.3, -0.25) is 0 Å². The van der Waals surface area contributed by atoms with Crippen molar-refractivity contribution in [1.82, 2.24) is 9.78 Å². The molecule has 3 nitrogen and oxygen atoms in total. The number of hydrogen-bond donors (Lipinski definition) is 0.